The molecule has 0 amide bonds. The summed E-state index contributed by atoms with van der Waals surface area (Å²) >= 11 is 0. The van der Waals surface area contributed by atoms with E-state index in [2.05, 4.69) is 17.2 Å². The molecule has 0 aliphatic rings. The molecule has 0 saturated heterocycles. The quantitative estimate of drug-likeness (QED) is 0.881. The lowest BCUT2D eigenvalue weighted by Gasteiger charge is -2.19. The first-order valence-electron chi connectivity index (χ1n) is 6.76. The predicted octanol–water partition coefficient (Wildman–Crippen LogP) is 2.98. The Hall–Kier alpha value is -1.75. The lowest BCUT2D eigenvalue weighted by atomic mass is 10.0. The van der Waals surface area contributed by atoms with Crippen molar-refractivity contribution in [1.29, 1.82) is 0 Å². The molecule has 1 aromatic heterocycles. The van der Waals surface area contributed by atoms with Crippen molar-refractivity contribution in [2.45, 2.75) is 25.8 Å². The van der Waals surface area contributed by atoms with Crippen molar-refractivity contribution < 1.29 is 8.78 Å². The van der Waals surface area contributed by atoms with Gasteiger partial charge in [0.05, 0.1) is 0 Å². The Kier molecular flexibility index (Phi) is 4.84. The molecule has 1 N–H and O–H groups in total. The van der Waals surface area contributed by atoms with E-state index in [9.17, 15) is 8.78 Å². The molecule has 2 rings (SSSR count). The maximum absolute atomic E-state index is 13.4. The van der Waals surface area contributed by atoms with Crippen molar-refractivity contribution in [3.05, 3.63) is 53.6 Å². The number of rotatable bonds is 6. The van der Waals surface area contributed by atoms with Crippen LogP contribution in [0.5, 0.6) is 0 Å². The van der Waals surface area contributed by atoms with Crippen LogP contribution in [0, 0.1) is 11.6 Å². The number of aryl methyl sites for hydroxylation is 1. The molecule has 0 spiro atoms. The Morgan fingerprint density at radius 3 is 2.70 bits per heavy atom. The fourth-order valence-corrected chi connectivity index (χ4v) is 2.13. The number of aromatic nitrogens is 2. The molecule has 0 aliphatic carbocycles. The third-order valence-electron chi connectivity index (χ3n) is 3.29. The van der Waals surface area contributed by atoms with E-state index >= 15 is 0 Å². The van der Waals surface area contributed by atoms with Crippen molar-refractivity contribution in [3.8, 4) is 0 Å². The van der Waals surface area contributed by atoms with Crippen LogP contribution in [0.2, 0.25) is 0 Å². The number of imidazole rings is 1. The molecule has 1 heterocycles. The summed E-state index contributed by atoms with van der Waals surface area (Å²) in [7, 11) is 1.92. The Morgan fingerprint density at radius 2 is 2.10 bits per heavy atom. The highest BCUT2D eigenvalue weighted by Crippen LogP contribution is 2.20. The molecule has 0 radical (unpaired) electrons. The summed E-state index contributed by atoms with van der Waals surface area (Å²) < 4.78 is 28.4. The summed E-state index contributed by atoms with van der Waals surface area (Å²) in [6.45, 7) is 2.88. The second-order valence-corrected chi connectivity index (χ2v) is 4.84. The van der Waals surface area contributed by atoms with Gasteiger partial charge in [-0.3, -0.25) is 0 Å². The summed E-state index contributed by atoms with van der Waals surface area (Å²) in [4.78, 5) is 4.28. The first-order chi connectivity index (χ1) is 9.61. The number of nitrogens with one attached hydrogen (secondary N) is 1. The van der Waals surface area contributed by atoms with Crippen LogP contribution in [0.3, 0.4) is 0 Å². The van der Waals surface area contributed by atoms with Crippen molar-refractivity contribution in [3.63, 3.8) is 0 Å². The van der Waals surface area contributed by atoms with Crippen LogP contribution in [0.1, 0.15) is 30.8 Å². The third-order valence-corrected chi connectivity index (χ3v) is 3.29. The summed E-state index contributed by atoms with van der Waals surface area (Å²) in [6, 6.07) is 3.97. The van der Waals surface area contributed by atoms with Crippen LogP contribution >= 0.6 is 0 Å². The van der Waals surface area contributed by atoms with Crippen molar-refractivity contribution in [1.82, 2.24) is 14.9 Å². The van der Waals surface area contributed by atoms with Gasteiger partial charge in [-0.15, -0.1) is 0 Å². The minimum Gasteiger partial charge on any atom is -0.338 e. The molecule has 0 aliphatic heterocycles. The summed E-state index contributed by atoms with van der Waals surface area (Å²) in [6.07, 6.45) is 5.21. The summed E-state index contributed by atoms with van der Waals surface area (Å²) in [5.74, 6) is -0.728. The number of hydrogen-bond acceptors (Lipinski definition) is 2. The van der Waals surface area contributed by atoms with Gasteiger partial charge in [0.15, 0.2) is 11.6 Å². The van der Waals surface area contributed by atoms with Crippen molar-refractivity contribution >= 4 is 0 Å². The van der Waals surface area contributed by atoms with Gasteiger partial charge < -0.3 is 9.88 Å². The molecule has 1 atom stereocenters. The zero-order valence-corrected chi connectivity index (χ0v) is 11.7. The molecule has 2 aromatic rings. The molecule has 3 nitrogen and oxygen atoms in total. The van der Waals surface area contributed by atoms with E-state index in [-0.39, 0.29) is 6.04 Å². The molecule has 1 aromatic carbocycles. The highest BCUT2D eigenvalue weighted by molar-refractivity contribution is 5.22. The van der Waals surface area contributed by atoms with Gasteiger partial charge in [0.2, 0.25) is 0 Å². The second kappa shape index (κ2) is 6.61. The highest BCUT2D eigenvalue weighted by atomic mass is 19.2. The SMILES string of the molecule is CCCNC(Cc1nccn1C)c1ccc(F)c(F)c1. The fourth-order valence-electron chi connectivity index (χ4n) is 2.13. The Morgan fingerprint density at radius 1 is 1.30 bits per heavy atom. The average Bonchev–Trinajstić information content (AvgIpc) is 2.83. The predicted molar refractivity (Wildman–Crippen MR) is 74.3 cm³/mol. The van der Waals surface area contributed by atoms with E-state index in [1.807, 2.05) is 17.8 Å². The van der Waals surface area contributed by atoms with Crippen LogP contribution in [0.4, 0.5) is 8.78 Å². The summed E-state index contributed by atoms with van der Waals surface area (Å²) in [5, 5.41) is 3.36. The zero-order chi connectivity index (χ0) is 14.5. The minimum atomic E-state index is -0.819. The van der Waals surface area contributed by atoms with Crippen molar-refractivity contribution in [2.24, 2.45) is 7.05 Å². The average molecular weight is 279 g/mol. The molecule has 5 heteroatoms. The Balaban J connectivity index is 2.22. The topological polar surface area (TPSA) is 29.9 Å². The zero-order valence-electron chi connectivity index (χ0n) is 11.7. The number of hydrogen-bond donors (Lipinski definition) is 1. The van der Waals surface area contributed by atoms with E-state index in [0.29, 0.717) is 6.42 Å². The van der Waals surface area contributed by atoms with E-state index < -0.39 is 11.6 Å². The molecule has 20 heavy (non-hydrogen) atoms. The maximum Gasteiger partial charge on any atom is 0.159 e. The number of nitrogens with zero attached hydrogens (tertiary/aromatic N) is 2. The molecule has 0 bridgehead atoms. The van der Waals surface area contributed by atoms with Gasteiger partial charge in [-0.2, -0.15) is 0 Å². The van der Waals surface area contributed by atoms with E-state index in [0.717, 1.165) is 24.4 Å². The first kappa shape index (κ1) is 14.7. The van der Waals surface area contributed by atoms with Crippen LogP contribution < -0.4 is 5.32 Å². The minimum absolute atomic E-state index is 0.0776. The Bertz CT molecular complexity index is 566. The van der Waals surface area contributed by atoms with Crippen LogP contribution in [-0.4, -0.2) is 16.1 Å². The van der Waals surface area contributed by atoms with Crippen LogP contribution in [0.15, 0.2) is 30.6 Å². The Labute approximate surface area is 117 Å². The van der Waals surface area contributed by atoms with E-state index in [1.54, 1.807) is 12.3 Å². The monoisotopic (exact) mass is 279 g/mol. The molecule has 0 fully saturated rings. The molecule has 0 saturated carbocycles. The lowest BCUT2D eigenvalue weighted by Crippen LogP contribution is -2.25. The maximum atomic E-state index is 13.4. The van der Waals surface area contributed by atoms with Gasteiger partial charge in [-0.05, 0) is 30.7 Å². The van der Waals surface area contributed by atoms with Gasteiger partial charge in [0.1, 0.15) is 5.82 Å². The number of benzene rings is 1. The largest absolute Gasteiger partial charge is 0.338 e. The normalized spacial score (nSPS) is 12.6. The summed E-state index contributed by atoms with van der Waals surface area (Å²) in [5.41, 5.74) is 0.736. The standard InChI is InChI=1S/C15H19F2N3/c1-3-6-18-14(10-15-19-7-8-20(15)2)11-4-5-12(16)13(17)9-11/h4-5,7-9,14,18H,3,6,10H2,1-2H3. The molecular weight excluding hydrogens is 260 g/mol. The second-order valence-electron chi connectivity index (χ2n) is 4.84. The molecule has 108 valence electrons. The smallest absolute Gasteiger partial charge is 0.159 e. The third kappa shape index (κ3) is 3.42. The van der Waals surface area contributed by atoms with Gasteiger partial charge >= 0.3 is 0 Å². The van der Waals surface area contributed by atoms with Gasteiger partial charge in [0.25, 0.3) is 0 Å². The molecule has 1 unspecified atom stereocenters. The van der Waals surface area contributed by atoms with Crippen molar-refractivity contribution in [2.75, 3.05) is 6.54 Å². The van der Waals surface area contributed by atoms with Gasteiger partial charge in [0, 0.05) is 31.9 Å². The van der Waals surface area contributed by atoms with Gasteiger partial charge in [-0.1, -0.05) is 13.0 Å². The molecular formula is C15H19F2N3. The first-order valence-corrected chi connectivity index (χ1v) is 6.76. The van der Waals surface area contributed by atoms with Gasteiger partial charge in [-0.25, -0.2) is 13.8 Å². The van der Waals surface area contributed by atoms with Crippen LogP contribution in [0.25, 0.3) is 0 Å². The van der Waals surface area contributed by atoms with Crippen LogP contribution in [-0.2, 0) is 13.5 Å². The van der Waals surface area contributed by atoms with E-state index in [1.165, 1.54) is 12.1 Å². The lowest BCUT2D eigenvalue weighted by molar-refractivity contribution is 0.487. The highest BCUT2D eigenvalue weighted by Gasteiger charge is 2.16. The fraction of sp³-hybridized carbons (Fsp3) is 0.400. The number of halogens is 2. The van der Waals surface area contributed by atoms with E-state index in [4.69, 9.17) is 0 Å².